The van der Waals surface area contributed by atoms with E-state index in [1.165, 1.54) is 25.7 Å². The van der Waals surface area contributed by atoms with Gasteiger partial charge in [0.05, 0.1) is 22.4 Å². The summed E-state index contributed by atoms with van der Waals surface area (Å²) >= 11 is 1.84. The second-order valence-electron chi connectivity index (χ2n) is 14.5. The van der Waals surface area contributed by atoms with Crippen molar-refractivity contribution in [1.29, 1.82) is 0 Å². The Morgan fingerprint density at radius 3 is 1.93 bits per heavy atom. The number of rotatable bonds is 5. The van der Waals surface area contributed by atoms with Crippen LogP contribution in [0, 0.1) is 0 Å². The summed E-state index contributed by atoms with van der Waals surface area (Å²) in [6.45, 7) is 0. The lowest BCUT2D eigenvalue weighted by Gasteiger charge is -2.13. The van der Waals surface area contributed by atoms with E-state index in [0.717, 1.165) is 83.1 Å². The minimum atomic E-state index is 0.699. The van der Waals surface area contributed by atoms with Crippen molar-refractivity contribution < 1.29 is 4.42 Å². The summed E-state index contributed by atoms with van der Waals surface area (Å²) in [7, 11) is 0. The van der Waals surface area contributed by atoms with Crippen molar-refractivity contribution in [3.05, 3.63) is 188 Å². The van der Waals surface area contributed by atoms with Crippen LogP contribution in [0.5, 0.6) is 0 Å². The van der Waals surface area contributed by atoms with Crippen molar-refractivity contribution in [2.24, 2.45) is 0 Å². The molecule has 0 aliphatic heterocycles. The largest absolute Gasteiger partial charge is 0.455 e. The number of hydrogen-bond donors (Lipinski definition) is 0. The normalized spacial score (nSPS) is 11.9. The summed E-state index contributed by atoms with van der Waals surface area (Å²) < 4.78 is 11.7. The average Bonchev–Trinajstić information content (AvgIpc) is 3.96. The van der Waals surface area contributed by atoms with Gasteiger partial charge in [-0.2, -0.15) is 0 Å². The summed E-state index contributed by atoms with van der Waals surface area (Å²) in [5.41, 5.74) is 12.2. The van der Waals surface area contributed by atoms with E-state index in [0.29, 0.717) is 5.82 Å². The molecule has 4 aromatic heterocycles. The van der Waals surface area contributed by atoms with E-state index in [1.807, 2.05) is 41.7 Å². The molecule has 4 nitrogen and oxygen atoms in total. The molecule has 4 heterocycles. The minimum Gasteiger partial charge on any atom is -0.455 e. The third-order valence-corrected chi connectivity index (χ3v) is 12.4. The van der Waals surface area contributed by atoms with Gasteiger partial charge < -0.3 is 8.98 Å². The number of hydrogen-bond acceptors (Lipinski definition) is 4. The summed E-state index contributed by atoms with van der Waals surface area (Å²) in [6.07, 6.45) is 0. The molecule has 0 bridgehead atoms. The molecule has 0 aliphatic carbocycles. The van der Waals surface area contributed by atoms with Crippen LogP contribution in [0.15, 0.2) is 192 Å². The molecule has 0 aliphatic rings. The molecule has 12 rings (SSSR count). The third kappa shape index (κ3) is 4.99. The molecule has 0 saturated carbocycles. The SMILES string of the molecule is c1ccc(-c2cc(-c3cccc4c3c3ccccc3n4-c3cc(-c4cccc5sc6ccccc6c45)c4oc5ccccc5c4c3)nc(-c3ccccc3)n2)cc1. The average molecular weight is 746 g/mol. The second kappa shape index (κ2) is 12.6. The second-order valence-corrected chi connectivity index (χ2v) is 15.6. The topological polar surface area (TPSA) is 43.9 Å². The lowest BCUT2D eigenvalue weighted by molar-refractivity contribution is 0.670. The Morgan fingerprint density at radius 1 is 0.421 bits per heavy atom. The van der Waals surface area contributed by atoms with E-state index < -0.39 is 0 Å². The zero-order chi connectivity index (χ0) is 37.5. The van der Waals surface area contributed by atoms with Gasteiger partial charge in [0.1, 0.15) is 11.2 Å². The molecule has 0 radical (unpaired) electrons. The quantitative estimate of drug-likeness (QED) is 0.176. The molecule has 8 aromatic carbocycles. The highest BCUT2D eigenvalue weighted by atomic mass is 32.1. The highest BCUT2D eigenvalue weighted by molar-refractivity contribution is 7.25. The Bertz CT molecular complexity index is 3470. The van der Waals surface area contributed by atoms with Crippen LogP contribution in [0.3, 0.4) is 0 Å². The van der Waals surface area contributed by atoms with Gasteiger partial charge in [0, 0.05) is 69.7 Å². The van der Waals surface area contributed by atoms with Crippen LogP contribution in [0.4, 0.5) is 0 Å². The van der Waals surface area contributed by atoms with Crippen molar-refractivity contribution >= 4 is 75.3 Å². The van der Waals surface area contributed by atoms with Crippen LogP contribution in [0.2, 0.25) is 0 Å². The van der Waals surface area contributed by atoms with Crippen molar-refractivity contribution in [1.82, 2.24) is 14.5 Å². The molecule has 0 unspecified atom stereocenters. The fourth-order valence-corrected chi connectivity index (χ4v) is 9.84. The summed E-state index contributed by atoms with van der Waals surface area (Å²) in [4.78, 5) is 10.4. The lowest BCUT2D eigenvalue weighted by Crippen LogP contribution is -1.97. The van der Waals surface area contributed by atoms with E-state index in [4.69, 9.17) is 14.4 Å². The maximum Gasteiger partial charge on any atom is 0.160 e. The zero-order valence-electron chi connectivity index (χ0n) is 30.6. The molecule has 0 spiro atoms. The maximum absolute atomic E-state index is 6.78. The molecule has 266 valence electrons. The predicted molar refractivity (Wildman–Crippen MR) is 238 cm³/mol. The Morgan fingerprint density at radius 2 is 1.07 bits per heavy atom. The first-order valence-electron chi connectivity index (χ1n) is 19.2. The molecular formula is C52H31N3OS. The van der Waals surface area contributed by atoms with Crippen LogP contribution < -0.4 is 0 Å². The highest BCUT2D eigenvalue weighted by Crippen LogP contribution is 2.46. The van der Waals surface area contributed by atoms with Crippen LogP contribution in [-0.2, 0) is 0 Å². The summed E-state index contributed by atoms with van der Waals surface area (Å²) in [6, 6.07) is 66.5. The van der Waals surface area contributed by atoms with Gasteiger partial charge in [0.25, 0.3) is 0 Å². The molecule has 57 heavy (non-hydrogen) atoms. The molecular weight excluding hydrogens is 715 g/mol. The molecule has 12 aromatic rings. The minimum absolute atomic E-state index is 0.699. The first kappa shape index (κ1) is 32.0. The van der Waals surface area contributed by atoms with Crippen LogP contribution in [0.1, 0.15) is 0 Å². The Labute approximate surface area is 331 Å². The van der Waals surface area contributed by atoms with Crippen LogP contribution >= 0.6 is 11.3 Å². The van der Waals surface area contributed by atoms with Gasteiger partial charge in [-0.15, -0.1) is 11.3 Å². The van der Waals surface area contributed by atoms with Crippen LogP contribution in [0.25, 0.3) is 115 Å². The lowest BCUT2D eigenvalue weighted by atomic mass is 9.96. The van der Waals surface area contributed by atoms with E-state index in [-0.39, 0.29) is 0 Å². The van der Waals surface area contributed by atoms with Crippen molar-refractivity contribution in [3.8, 4) is 50.7 Å². The first-order chi connectivity index (χ1) is 28.3. The number of para-hydroxylation sites is 2. The van der Waals surface area contributed by atoms with Crippen molar-refractivity contribution in [2.45, 2.75) is 0 Å². The van der Waals surface area contributed by atoms with Gasteiger partial charge in [-0.25, -0.2) is 9.97 Å². The van der Waals surface area contributed by atoms with E-state index in [2.05, 4.69) is 162 Å². The monoisotopic (exact) mass is 745 g/mol. The fraction of sp³-hybridized carbons (Fsp3) is 0. The van der Waals surface area contributed by atoms with Crippen LogP contribution in [-0.4, -0.2) is 14.5 Å². The smallest absolute Gasteiger partial charge is 0.160 e. The van der Waals surface area contributed by atoms with Gasteiger partial charge in [-0.05, 0) is 54.1 Å². The Hall–Kier alpha value is -7.34. The predicted octanol–water partition coefficient (Wildman–Crippen LogP) is 14.5. The number of thiophene rings is 1. The van der Waals surface area contributed by atoms with E-state index >= 15 is 0 Å². The zero-order valence-corrected chi connectivity index (χ0v) is 31.4. The summed E-state index contributed by atoms with van der Waals surface area (Å²) in [5, 5.41) is 7.02. The van der Waals surface area contributed by atoms with Gasteiger partial charge in [0.15, 0.2) is 5.82 Å². The number of fused-ring (bicyclic) bond motifs is 9. The Balaban J connectivity index is 1.16. The molecule has 0 amide bonds. The molecule has 0 fully saturated rings. The number of nitrogens with zero attached hydrogens (tertiary/aromatic N) is 3. The van der Waals surface area contributed by atoms with Gasteiger partial charge in [-0.1, -0.05) is 140 Å². The standard InChI is InChI=1S/C52H31N3OS/c1-3-15-32(16-4-1)42-31-43(54-52(53-42)33-17-5-2-6-18-33)37-23-13-25-45-49(37)38-20-7-10-24-44(38)55(45)34-29-40-35-19-8-11-26-46(35)56-51(40)41(30-34)36-22-14-28-48-50(36)39-21-9-12-27-47(39)57-48/h1-31H. The van der Waals surface area contributed by atoms with E-state index in [1.54, 1.807) is 0 Å². The maximum atomic E-state index is 6.78. The van der Waals surface area contributed by atoms with Gasteiger partial charge in [0.2, 0.25) is 0 Å². The third-order valence-electron chi connectivity index (χ3n) is 11.2. The Kier molecular flexibility index (Phi) is 7.06. The van der Waals surface area contributed by atoms with Crippen molar-refractivity contribution in [2.75, 3.05) is 0 Å². The van der Waals surface area contributed by atoms with E-state index in [9.17, 15) is 0 Å². The fourth-order valence-electron chi connectivity index (χ4n) is 8.71. The highest BCUT2D eigenvalue weighted by Gasteiger charge is 2.22. The molecule has 0 atom stereocenters. The first-order valence-corrected chi connectivity index (χ1v) is 20.0. The van der Waals surface area contributed by atoms with Gasteiger partial charge in [-0.3, -0.25) is 0 Å². The number of benzene rings is 8. The summed E-state index contributed by atoms with van der Waals surface area (Å²) in [5.74, 6) is 0.699. The molecule has 0 saturated heterocycles. The molecule has 0 N–H and O–H groups in total. The van der Waals surface area contributed by atoms with Crippen molar-refractivity contribution in [3.63, 3.8) is 0 Å². The molecule has 5 heteroatoms. The number of furan rings is 1. The van der Waals surface area contributed by atoms with Gasteiger partial charge >= 0.3 is 0 Å². The number of aromatic nitrogens is 3.